The number of nitrogens with one attached hydrogen (secondary N) is 1. The number of methoxy groups -OCH3 is 3. The number of halogens is 3. The molecule has 3 fully saturated rings. The van der Waals surface area contributed by atoms with E-state index in [9.17, 15) is 19.1 Å². The maximum absolute atomic E-state index is 15.5. The van der Waals surface area contributed by atoms with E-state index in [1.54, 1.807) is 62.8 Å². The number of carbonyl (C=O) groups is 4. The number of amides is 4. The average Bonchev–Trinajstić information content (AvgIpc) is 3.67. The first-order valence-electron chi connectivity index (χ1n) is 20.2. The predicted molar refractivity (Wildman–Crippen MR) is 244 cm³/mol. The molecule has 2 heterocycles. The summed E-state index contributed by atoms with van der Waals surface area (Å²) in [4.78, 5) is 61.0. The van der Waals surface area contributed by atoms with Crippen LogP contribution in [0.2, 0.25) is 5.02 Å². The van der Waals surface area contributed by atoms with Crippen LogP contribution < -0.4 is 24.5 Å². The number of benzene rings is 5. The van der Waals surface area contributed by atoms with Gasteiger partial charge in [-0.2, -0.15) is 5.01 Å². The molecule has 6 atom stereocenters. The second-order valence-electron chi connectivity index (χ2n) is 16.0. The molecule has 1 saturated carbocycles. The summed E-state index contributed by atoms with van der Waals surface area (Å²) in [6, 6.07) is 28.2. The number of nitrogens with zero attached hydrogens (tertiary/aromatic N) is 2. The van der Waals surface area contributed by atoms with Crippen LogP contribution in [-0.2, 0) is 24.6 Å². The van der Waals surface area contributed by atoms with E-state index in [0.29, 0.717) is 42.6 Å². The third kappa shape index (κ3) is 6.92. The standard InChI is InChI=1S/C49H40ClFIN3O8/c1-61-34-18-21-40(62-2)27(22-34)7-4-26-5-16-33(17-6-26)54-45(57)36-20-19-35-37(42(36)47(54)59)25-38-46(58)55(53-32-14-12-31(51)13-15-32)48(60)49(38,29-8-10-30(50)11-9-29)43(35)28-23-39(52)44(56)41(24-28)63-3/h4-19,21-24,36-38,42-43,53,56H,20,25H2,1-3H3. The lowest BCUT2D eigenvalue weighted by Crippen LogP contribution is -2.53. The molecule has 0 spiro atoms. The van der Waals surface area contributed by atoms with Crippen LogP contribution in [0.3, 0.4) is 0 Å². The number of phenols is 1. The van der Waals surface area contributed by atoms with Crippen molar-refractivity contribution in [1.29, 1.82) is 0 Å². The van der Waals surface area contributed by atoms with Gasteiger partial charge in [0.05, 0.1) is 59.4 Å². The summed E-state index contributed by atoms with van der Waals surface area (Å²) in [5.41, 5.74) is 5.53. The topological polar surface area (TPSA) is 135 Å². The van der Waals surface area contributed by atoms with Crippen molar-refractivity contribution in [3.05, 3.63) is 151 Å². The van der Waals surface area contributed by atoms with Crippen molar-refractivity contribution >= 4 is 81.3 Å². The molecular formula is C49H40ClFIN3O8. The third-order valence-corrected chi connectivity index (χ3v) is 14.0. The number of ether oxygens (including phenoxy) is 3. The van der Waals surface area contributed by atoms with E-state index >= 15 is 9.59 Å². The number of aromatic hydroxyl groups is 1. The van der Waals surface area contributed by atoms with E-state index in [-0.39, 0.29) is 30.2 Å². The Balaban J connectivity index is 1.13. The highest BCUT2D eigenvalue weighted by atomic mass is 127. The molecule has 0 radical (unpaired) electrons. The zero-order valence-corrected chi connectivity index (χ0v) is 37.1. The van der Waals surface area contributed by atoms with E-state index in [1.165, 1.54) is 36.3 Å². The highest BCUT2D eigenvalue weighted by Crippen LogP contribution is 2.64. The zero-order chi connectivity index (χ0) is 44.3. The molecule has 5 aromatic carbocycles. The molecule has 6 unspecified atom stereocenters. The summed E-state index contributed by atoms with van der Waals surface area (Å²) < 4.78 is 31.0. The number of hydrazine groups is 1. The molecule has 14 heteroatoms. The van der Waals surface area contributed by atoms with Crippen molar-refractivity contribution in [1.82, 2.24) is 5.01 Å². The van der Waals surface area contributed by atoms with Gasteiger partial charge < -0.3 is 19.3 Å². The van der Waals surface area contributed by atoms with Gasteiger partial charge in [-0.1, -0.05) is 59.7 Å². The predicted octanol–water partition coefficient (Wildman–Crippen LogP) is 9.18. The second kappa shape index (κ2) is 16.5. The maximum Gasteiger partial charge on any atom is 0.260 e. The van der Waals surface area contributed by atoms with Gasteiger partial charge in [0, 0.05) is 16.5 Å². The summed E-state index contributed by atoms with van der Waals surface area (Å²) in [6.45, 7) is 0. The van der Waals surface area contributed by atoms with E-state index in [2.05, 4.69) is 5.43 Å². The van der Waals surface area contributed by atoms with Gasteiger partial charge >= 0.3 is 0 Å². The fourth-order valence-corrected chi connectivity index (χ4v) is 10.8. The van der Waals surface area contributed by atoms with Crippen molar-refractivity contribution in [3.8, 4) is 23.0 Å². The van der Waals surface area contributed by atoms with Gasteiger partial charge in [0.1, 0.15) is 17.3 Å². The highest BCUT2D eigenvalue weighted by Gasteiger charge is 2.70. The number of rotatable bonds is 10. The molecule has 4 aliphatic rings. The highest BCUT2D eigenvalue weighted by molar-refractivity contribution is 14.1. The molecule has 4 amide bonds. The average molecular weight is 980 g/mol. The van der Waals surface area contributed by atoms with Gasteiger partial charge in [-0.25, -0.2) is 4.39 Å². The molecule has 2 N–H and O–H groups in total. The Kier molecular flexibility index (Phi) is 11.0. The third-order valence-electron chi connectivity index (χ3n) is 12.9. The monoisotopic (exact) mass is 979 g/mol. The molecule has 2 saturated heterocycles. The Morgan fingerprint density at radius 1 is 0.810 bits per heavy atom. The van der Waals surface area contributed by atoms with E-state index in [0.717, 1.165) is 21.7 Å². The number of imide groups is 2. The fraction of sp³-hybridized carbons (Fsp3) is 0.224. The Morgan fingerprint density at radius 2 is 1.52 bits per heavy atom. The van der Waals surface area contributed by atoms with E-state index in [4.69, 9.17) is 25.8 Å². The maximum atomic E-state index is 15.5. The molecule has 5 aromatic rings. The van der Waals surface area contributed by atoms with Gasteiger partial charge in [0.15, 0.2) is 11.5 Å². The Morgan fingerprint density at radius 3 is 2.21 bits per heavy atom. The first kappa shape index (κ1) is 42.1. The van der Waals surface area contributed by atoms with Gasteiger partial charge in [-0.3, -0.25) is 29.5 Å². The zero-order valence-electron chi connectivity index (χ0n) is 34.2. The van der Waals surface area contributed by atoms with Crippen LogP contribution in [0.4, 0.5) is 15.8 Å². The number of fused-ring (bicyclic) bond motifs is 4. The van der Waals surface area contributed by atoms with Crippen LogP contribution in [0.1, 0.15) is 41.0 Å². The van der Waals surface area contributed by atoms with Crippen LogP contribution in [0.25, 0.3) is 12.2 Å². The van der Waals surface area contributed by atoms with E-state index in [1.807, 2.05) is 71.2 Å². The summed E-state index contributed by atoms with van der Waals surface area (Å²) in [5.74, 6) is -5.04. The molecule has 9 rings (SSSR count). The molecule has 11 nitrogen and oxygen atoms in total. The Hall–Kier alpha value is -6.19. The second-order valence-corrected chi connectivity index (χ2v) is 17.6. The molecule has 0 aromatic heterocycles. The number of hydrogen-bond donors (Lipinski definition) is 2. The Labute approximate surface area is 381 Å². The van der Waals surface area contributed by atoms with Crippen LogP contribution in [-0.4, -0.2) is 55.1 Å². The minimum atomic E-state index is -1.60. The van der Waals surface area contributed by atoms with Crippen molar-refractivity contribution in [3.63, 3.8) is 0 Å². The van der Waals surface area contributed by atoms with Crippen molar-refractivity contribution in [2.45, 2.75) is 24.2 Å². The molecule has 0 bridgehead atoms. The van der Waals surface area contributed by atoms with Crippen LogP contribution >= 0.6 is 34.2 Å². The van der Waals surface area contributed by atoms with Gasteiger partial charge in [-0.05, 0) is 137 Å². The SMILES string of the molecule is COc1ccc(OC)c(C=Cc2ccc(N3C(=O)C4CC=C5C(CC6C(=O)N(Nc7ccc(F)cc7)C(=O)C6(c6ccc(Cl)cc6)C5c5cc(I)c(O)c(OC)c5)C4C3=O)cc2)c1. The van der Waals surface area contributed by atoms with Crippen LogP contribution in [0.5, 0.6) is 23.0 Å². The van der Waals surface area contributed by atoms with Gasteiger partial charge in [-0.15, -0.1) is 0 Å². The van der Waals surface area contributed by atoms with Crippen molar-refractivity contribution < 1.29 is 42.9 Å². The number of hydrogen-bond acceptors (Lipinski definition) is 9. The fourth-order valence-electron chi connectivity index (χ4n) is 10.1. The van der Waals surface area contributed by atoms with Crippen molar-refractivity contribution in [2.75, 3.05) is 31.7 Å². The number of carbonyl (C=O) groups excluding carboxylic acids is 4. The smallest absolute Gasteiger partial charge is 0.260 e. The molecular weight excluding hydrogens is 940 g/mol. The van der Waals surface area contributed by atoms with E-state index < -0.39 is 58.5 Å². The molecule has 63 heavy (non-hydrogen) atoms. The Bertz CT molecular complexity index is 2750. The number of anilines is 2. The molecule has 2 aliphatic heterocycles. The minimum absolute atomic E-state index is 0.0644. The summed E-state index contributed by atoms with van der Waals surface area (Å²) in [5, 5.41) is 12.4. The largest absolute Gasteiger partial charge is 0.504 e. The lowest BCUT2D eigenvalue weighted by molar-refractivity contribution is -0.138. The minimum Gasteiger partial charge on any atom is -0.504 e. The summed E-state index contributed by atoms with van der Waals surface area (Å²) in [6.07, 6.45) is 6.02. The quantitative estimate of drug-likeness (QED) is 0.0608. The number of phenolic OH excluding ortho intramolecular Hbond substituents is 1. The lowest BCUT2D eigenvalue weighted by Gasteiger charge is -2.50. The van der Waals surface area contributed by atoms with Crippen LogP contribution in [0, 0.1) is 33.1 Å². The number of allylic oxidation sites excluding steroid dienone is 2. The van der Waals surface area contributed by atoms with Crippen molar-refractivity contribution in [2.24, 2.45) is 23.7 Å². The lowest BCUT2D eigenvalue weighted by atomic mass is 9.49. The van der Waals surface area contributed by atoms with Crippen LogP contribution in [0.15, 0.2) is 115 Å². The first-order chi connectivity index (χ1) is 30.4. The molecule has 320 valence electrons. The molecule has 2 aliphatic carbocycles. The van der Waals surface area contributed by atoms with Gasteiger partial charge in [0.2, 0.25) is 11.8 Å². The van der Waals surface area contributed by atoms with Gasteiger partial charge in [0.25, 0.3) is 11.8 Å². The normalized spacial score (nSPS) is 24.0. The summed E-state index contributed by atoms with van der Waals surface area (Å²) >= 11 is 8.43. The first-order valence-corrected chi connectivity index (χ1v) is 21.7. The summed E-state index contributed by atoms with van der Waals surface area (Å²) in [7, 11) is 4.61.